The molecule has 0 spiro atoms. The van der Waals surface area contributed by atoms with E-state index in [2.05, 4.69) is 15.2 Å². The first-order valence-corrected chi connectivity index (χ1v) is 7.99. The van der Waals surface area contributed by atoms with Gasteiger partial charge in [0.1, 0.15) is 0 Å². The average molecular weight is 365 g/mol. The van der Waals surface area contributed by atoms with Crippen molar-refractivity contribution in [2.75, 3.05) is 5.75 Å². The van der Waals surface area contributed by atoms with Crippen LogP contribution < -0.4 is 0 Å². The van der Waals surface area contributed by atoms with E-state index in [0.717, 1.165) is 23.9 Å². The van der Waals surface area contributed by atoms with Gasteiger partial charge in [-0.05, 0) is 24.3 Å². The predicted molar refractivity (Wildman–Crippen MR) is 84.0 cm³/mol. The maximum Gasteiger partial charge on any atom is 0.416 e. The van der Waals surface area contributed by atoms with Crippen LogP contribution in [0.25, 0.3) is 11.5 Å². The van der Waals surface area contributed by atoms with Crippen LogP contribution in [-0.2, 0) is 6.18 Å². The first-order valence-electron chi connectivity index (χ1n) is 7.00. The molecule has 2 heterocycles. The molecule has 0 saturated carbocycles. The normalized spacial score (nSPS) is 11.5. The Morgan fingerprint density at radius 3 is 2.60 bits per heavy atom. The van der Waals surface area contributed by atoms with E-state index in [4.69, 9.17) is 4.42 Å². The van der Waals surface area contributed by atoms with Crippen molar-refractivity contribution in [1.82, 2.24) is 15.2 Å². The van der Waals surface area contributed by atoms with Crippen molar-refractivity contribution < 1.29 is 22.4 Å². The highest BCUT2D eigenvalue weighted by Gasteiger charge is 2.30. The Balaban J connectivity index is 1.66. The van der Waals surface area contributed by atoms with Gasteiger partial charge in [0, 0.05) is 23.5 Å². The summed E-state index contributed by atoms with van der Waals surface area (Å²) >= 11 is 0.966. The Kier molecular flexibility index (Phi) is 4.84. The quantitative estimate of drug-likeness (QED) is 0.500. The molecule has 0 fully saturated rings. The molecule has 0 amide bonds. The van der Waals surface area contributed by atoms with Crippen molar-refractivity contribution in [2.45, 2.75) is 11.4 Å². The van der Waals surface area contributed by atoms with E-state index in [0.29, 0.717) is 5.56 Å². The summed E-state index contributed by atoms with van der Waals surface area (Å²) in [4.78, 5) is 16.0. The zero-order valence-corrected chi connectivity index (χ0v) is 13.3. The number of hydrogen-bond acceptors (Lipinski definition) is 6. The van der Waals surface area contributed by atoms with E-state index in [1.165, 1.54) is 12.1 Å². The Bertz CT molecular complexity index is 882. The summed E-state index contributed by atoms with van der Waals surface area (Å²) in [6.45, 7) is 0. The van der Waals surface area contributed by atoms with Gasteiger partial charge in [-0.1, -0.05) is 23.9 Å². The van der Waals surface area contributed by atoms with Gasteiger partial charge in [-0.2, -0.15) is 13.2 Å². The number of rotatable bonds is 5. The van der Waals surface area contributed by atoms with Crippen LogP contribution in [0.4, 0.5) is 13.2 Å². The molecule has 0 atom stereocenters. The van der Waals surface area contributed by atoms with Crippen molar-refractivity contribution in [1.29, 1.82) is 0 Å². The monoisotopic (exact) mass is 365 g/mol. The molecule has 0 bridgehead atoms. The summed E-state index contributed by atoms with van der Waals surface area (Å²) in [5, 5.41) is 7.83. The minimum absolute atomic E-state index is 0.0174. The molecular formula is C16H10F3N3O2S. The van der Waals surface area contributed by atoms with Gasteiger partial charge in [0.2, 0.25) is 5.89 Å². The number of thioether (sulfide) groups is 1. The number of Topliss-reactive ketones (excluding diaryl/α,β-unsaturated/α-hetero) is 1. The van der Waals surface area contributed by atoms with Crippen molar-refractivity contribution >= 4 is 17.5 Å². The minimum atomic E-state index is -4.49. The number of ketones is 1. The maximum atomic E-state index is 12.7. The molecule has 25 heavy (non-hydrogen) atoms. The summed E-state index contributed by atoms with van der Waals surface area (Å²) in [7, 11) is 0. The topological polar surface area (TPSA) is 68.9 Å². The van der Waals surface area contributed by atoms with E-state index in [9.17, 15) is 18.0 Å². The lowest BCUT2D eigenvalue weighted by molar-refractivity contribution is -0.137. The lowest BCUT2D eigenvalue weighted by Crippen LogP contribution is -2.08. The molecule has 0 saturated heterocycles. The standard InChI is InChI=1S/C16H10F3N3O2S/c17-16(18,19)12-3-1-2-11(8-12)13(23)9-25-15-22-21-14(24-15)10-4-6-20-7-5-10/h1-8H,9H2. The summed E-state index contributed by atoms with van der Waals surface area (Å²) in [5.74, 6) is -0.296. The van der Waals surface area contributed by atoms with Gasteiger partial charge in [-0.3, -0.25) is 9.78 Å². The van der Waals surface area contributed by atoms with E-state index >= 15 is 0 Å². The predicted octanol–water partition coefficient (Wildman–Crippen LogP) is 4.13. The second kappa shape index (κ2) is 7.06. The number of pyridine rings is 1. The Morgan fingerprint density at radius 2 is 1.88 bits per heavy atom. The molecule has 3 rings (SSSR count). The largest absolute Gasteiger partial charge is 0.416 e. The maximum absolute atomic E-state index is 12.7. The Hall–Kier alpha value is -2.68. The summed E-state index contributed by atoms with van der Waals surface area (Å²) in [6.07, 6.45) is -1.34. The zero-order valence-electron chi connectivity index (χ0n) is 12.5. The van der Waals surface area contributed by atoms with E-state index in [-0.39, 0.29) is 22.4 Å². The molecule has 9 heteroatoms. The van der Waals surface area contributed by atoms with Crippen LogP contribution in [0.15, 0.2) is 58.4 Å². The third-order valence-electron chi connectivity index (χ3n) is 3.17. The number of carbonyl (C=O) groups excluding carboxylic acids is 1. The lowest BCUT2D eigenvalue weighted by Gasteiger charge is -2.07. The molecule has 0 aliphatic carbocycles. The van der Waals surface area contributed by atoms with E-state index in [1.807, 2.05) is 0 Å². The molecule has 0 N–H and O–H groups in total. The van der Waals surface area contributed by atoms with Crippen molar-refractivity contribution in [2.24, 2.45) is 0 Å². The highest BCUT2D eigenvalue weighted by Crippen LogP contribution is 2.30. The van der Waals surface area contributed by atoms with Crippen molar-refractivity contribution in [3.8, 4) is 11.5 Å². The fourth-order valence-corrected chi connectivity index (χ4v) is 2.62. The van der Waals surface area contributed by atoms with E-state index < -0.39 is 17.5 Å². The first kappa shape index (κ1) is 17.2. The molecule has 2 aromatic heterocycles. The van der Waals surface area contributed by atoms with Crippen molar-refractivity contribution in [3.63, 3.8) is 0 Å². The van der Waals surface area contributed by atoms with Gasteiger partial charge in [0.05, 0.1) is 11.3 Å². The number of aromatic nitrogens is 3. The fourth-order valence-electron chi connectivity index (χ4n) is 1.96. The van der Waals surface area contributed by atoms with Gasteiger partial charge in [0.15, 0.2) is 5.78 Å². The van der Waals surface area contributed by atoms with Crippen LogP contribution in [0.1, 0.15) is 15.9 Å². The molecular weight excluding hydrogens is 355 g/mol. The van der Waals surface area contributed by atoms with Crippen LogP contribution >= 0.6 is 11.8 Å². The summed E-state index contributed by atoms with van der Waals surface area (Å²) < 4.78 is 43.5. The second-order valence-corrected chi connectivity index (χ2v) is 5.83. The van der Waals surface area contributed by atoms with Crippen LogP contribution in [-0.4, -0.2) is 26.7 Å². The molecule has 1 aromatic carbocycles. The van der Waals surface area contributed by atoms with Gasteiger partial charge in [-0.25, -0.2) is 0 Å². The van der Waals surface area contributed by atoms with Gasteiger partial charge < -0.3 is 4.42 Å². The van der Waals surface area contributed by atoms with Crippen molar-refractivity contribution in [3.05, 3.63) is 59.9 Å². The van der Waals surface area contributed by atoms with E-state index in [1.54, 1.807) is 24.5 Å². The van der Waals surface area contributed by atoms with Crippen LogP contribution in [0.2, 0.25) is 0 Å². The van der Waals surface area contributed by atoms with Gasteiger partial charge >= 0.3 is 6.18 Å². The number of hydrogen-bond donors (Lipinski definition) is 0. The number of benzene rings is 1. The minimum Gasteiger partial charge on any atom is -0.411 e. The summed E-state index contributed by atoms with van der Waals surface area (Å²) in [5.41, 5.74) is -0.198. The number of halogens is 3. The smallest absolute Gasteiger partial charge is 0.411 e. The van der Waals surface area contributed by atoms with Crippen LogP contribution in [0.5, 0.6) is 0 Å². The second-order valence-electron chi connectivity index (χ2n) is 4.90. The lowest BCUT2D eigenvalue weighted by atomic mass is 10.1. The first-order chi connectivity index (χ1) is 11.9. The number of carbonyl (C=O) groups is 1. The third kappa shape index (κ3) is 4.24. The highest BCUT2D eigenvalue weighted by atomic mass is 32.2. The average Bonchev–Trinajstić information content (AvgIpc) is 3.09. The molecule has 0 aliphatic rings. The number of alkyl halides is 3. The molecule has 5 nitrogen and oxygen atoms in total. The molecule has 0 radical (unpaired) electrons. The molecule has 3 aromatic rings. The third-order valence-corrected chi connectivity index (χ3v) is 3.99. The molecule has 0 unspecified atom stereocenters. The Labute approximate surface area is 144 Å². The highest BCUT2D eigenvalue weighted by molar-refractivity contribution is 7.99. The number of nitrogens with zero attached hydrogens (tertiary/aromatic N) is 3. The SMILES string of the molecule is O=C(CSc1nnc(-c2ccncc2)o1)c1cccc(C(F)(F)F)c1. The van der Waals surface area contributed by atoms with Gasteiger partial charge in [-0.15, -0.1) is 10.2 Å². The Morgan fingerprint density at radius 1 is 1.12 bits per heavy atom. The molecule has 0 aliphatic heterocycles. The zero-order chi connectivity index (χ0) is 17.9. The fraction of sp³-hybridized carbons (Fsp3) is 0.125. The van der Waals surface area contributed by atoms with Crippen LogP contribution in [0, 0.1) is 0 Å². The molecule has 128 valence electrons. The summed E-state index contributed by atoms with van der Waals surface area (Å²) in [6, 6.07) is 7.68. The van der Waals surface area contributed by atoms with Gasteiger partial charge in [0.25, 0.3) is 5.22 Å². The van der Waals surface area contributed by atoms with Crippen LogP contribution in [0.3, 0.4) is 0 Å².